The highest BCUT2D eigenvalue weighted by molar-refractivity contribution is 5.94. The molecular formula is C29H36O6. The summed E-state index contributed by atoms with van der Waals surface area (Å²) < 4.78 is 11.7. The monoisotopic (exact) mass is 480 g/mol. The Balaban J connectivity index is 2.33. The van der Waals surface area contributed by atoms with Gasteiger partial charge in [0, 0.05) is 18.9 Å². The molecular weight excluding hydrogens is 444 g/mol. The lowest BCUT2D eigenvalue weighted by atomic mass is 9.94. The van der Waals surface area contributed by atoms with Gasteiger partial charge in [-0.25, -0.2) is 4.79 Å². The summed E-state index contributed by atoms with van der Waals surface area (Å²) in [5.41, 5.74) is 2.66. The summed E-state index contributed by atoms with van der Waals surface area (Å²) in [6.07, 6.45) is 15.4. The van der Waals surface area contributed by atoms with Gasteiger partial charge in [-0.3, -0.25) is 9.59 Å². The molecule has 188 valence electrons. The van der Waals surface area contributed by atoms with E-state index in [-0.39, 0.29) is 30.8 Å². The fourth-order valence-corrected chi connectivity index (χ4v) is 3.96. The van der Waals surface area contributed by atoms with Crippen molar-refractivity contribution in [3.05, 3.63) is 84.1 Å². The van der Waals surface area contributed by atoms with Crippen molar-refractivity contribution in [1.82, 2.24) is 0 Å². The first-order valence-electron chi connectivity index (χ1n) is 11.9. The van der Waals surface area contributed by atoms with Crippen LogP contribution in [0.25, 0.3) is 0 Å². The normalized spacial score (nSPS) is 31.0. The summed E-state index contributed by atoms with van der Waals surface area (Å²) in [4.78, 5) is 37.1. The fourth-order valence-electron chi connectivity index (χ4n) is 3.96. The molecule has 6 heteroatoms. The van der Waals surface area contributed by atoms with Crippen molar-refractivity contribution in [3.63, 3.8) is 0 Å². The number of carbonyl (C=O) groups is 3. The molecule has 35 heavy (non-hydrogen) atoms. The molecule has 1 N–H and O–H groups in total. The van der Waals surface area contributed by atoms with Gasteiger partial charge in [0.05, 0.1) is 12.2 Å². The maximum absolute atomic E-state index is 12.5. The Morgan fingerprint density at radius 1 is 1.14 bits per heavy atom. The maximum Gasteiger partial charge on any atom is 0.331 e. The second kappa shape index (κ2) is 14.3. The highest BCUT2D eigenvalue weighted by Gasteiger charge is 2.29. The summed E-state index contributed by atoms with van der Waals surface area (Å²) in [5.74, 6) is -1.28. The van der Waals surface area contributed by atoms with Crippen LogP contribution in [0.3, 0.4) is 0 Å². The lowest BCUT2D eigenvalue weighted by Crippen LogP contribution is -2.37. The van der Waals surface area contributed by atoms with Crippen LogP contribution in [-0.4, -0.2) is 47.1 Å². The van der Waals surface area contributed by atoms with E-state index in [9.17, 15) is 19.5 Å². The number of allylic oxidation sites excluding steroid dienone is 7. The Bertz CT molecular complexity index is 975. The van der Waals surface area contributed by atoms with Crippen LogP contribution in [-0.2, 0) is 23.9 Å². The molecule has 4 atom stereocenters. The van der Waals surface area contributed by atoms with Gasteiger partial charge < -0.3 is 14.6 Å². The lowest BCUT2D eigenvalue weighted by molar-refractivity contribution is -0.151. The van der Waals surface area contributed by atoms with Crippen LogP contribution in [0.1, 0.15) is 52.9 Å². The van der Waals surface area contributed by atoms with Gasteiger partial charge in [0.1, 0.15) is 6.10 Å². The molecule has 2 rings (SSSR count). The molecule has 2 bridgehead atoms. The van der Waals surface area contributed by atoms with E-state index in [1.165, 1.54) is 24.3 Å². The van der Waals surface area contributed by atoms with E-state index in [0.717, 1.165) is 23.1 Å². The van der Waals surface area contributed by atoms with Gasteiger partial charge in [-0.15, -0.1) is 0 Å². The van der Waals surface area contributed by atoms with Crippen LogP contribution in [0.2, 0.25) is 0 Å². The van der Waals surface area contributed by atoms with E-state index < -0.39 is 24.0 Å². The molecule has 0 aromatic heterocycles. The Labute approximate surface area is 208 Å². The number of esters is 1. The van der Waals surface area contributed by atoms with Crippen molar-refractivity contribution >= 4 is 17.5 Å². The highest BCUT2D eigenvalue weighted by atomic mass is 16.6. The van der Waals surface area contributed by atoms with Crippen molar-refractivity contribution < 1.29 is 29.0 Å². The number of hydrogen-bond donors (Lipinski definition) is 1. The zero-order valence-electron chi connectivity index (χ0n) is 20.8. The molecule has 0 saturated carbocycles. The van der Waals surface area contributed by atoms with Gasteiger partial charge in [0.25, 0.3) is 0 Å². The second-order valence-corrected chi connectivity index (χ2v) is 9.03. The first kappa shape index (κ1) is 28.1. The molecule has 2 heterocycles. The molecule has 2 aliphatic heterocycles. The molecule has 0 aromatic rings. The zero-order chi connectivity index (χ0) is 25.8. The average Bonchev–Trinajstić information content (AvgIpc) is 2.77. The molecule has 0 spiro atoms. The molecule has 0 radical (unpaired) electrons. The number of aliphatic hydroxyl groups is 1. The predicted octanol–water partition coefficient (Wildman–Crippen LogP) is 4.82. The molecule has 0 aliphatic carbocycles. The number of rotatable bonds is 4. The SMILES string of the molecule is C=C1C[C@@H]2C/C=C/C(=O)C/C(C)=C/C=C/C(=O)O[C@H](C(O)C(=O)/C=C\C=C\C)C/C(C)=C/[C@H](C1)O2. The molecule has 1 fully saturated rings. The Hall–Kier alpha value is -3.09. The number of fused-ring (bicyclic) bond motifs is 2. The van der Waals surface area contributed by atoms with E-state index in [1.54, 1.807) is 31.2 Å². The number of carbonyl (C=O) groups excluding carboxylic acids is 3. The first-order valence-corrected chi connectivity index (χ1v) is 11.9. The van der Waals surface area contributed by atoms with E-state index in [2.05, 4.69) is 6.58 Å². The minimum Gasteiger partial charge on any atom is -0.456 e. The van der Waals surface area contributed by atoms with Crippen LogP contribution in [0.5, 0.6) is 0 Å². The van der Waals surface area contributed by atoms with Crippen molar-refractivity contribution in [2.75, 3.05) is 0 Å². The van der Waals surface area contributed by atoms with E-state index in [0.29, 0.717) is 12.8 Å². The van der Waals surface area contributed by atoms with Gasteiger partial charge in [0.2, 0.25) is 0 Å². The second-order valence-electron chi connectivity index (χ2n) is 9.03. The van der Waals surface area contributed by atoms with Crippen molar-refractivity contribution in [2.24, 2.45) is 0 Å². The minimum absolute atomic E-state index is 0.0366. The molecule has 0 amide bonds. The molecule has 1 unspecified atom stereocenters. The minimum atomic E-state index is -1.52. The predicted molar refractivity (Wildman–Crippen MR) is 137 cm³/mol. The fraction of sp³-hybridized carbons (Fsp3) is 0.414. The van der Waals surface area contributed by atoms with Crippen LogP contribution in [0.4, 0.5) is 0 Å². The summed E-state index contributed by atoms with van der Waals surface area (Å²) in [7, 11) is 0. The van der Waals surface area contributed by atoms with Gasteiger partial charge in [-0.1, -0.05) is 65.8 Å². The summed E-state index contributed by atoms with van der Waals surface area (Å²) >= 11 is 0. The van der Waals surface area contributed by atoms with E-state index in [1.807, 2.05) is 26.0 Å². The third-order valence-electron chi connectivity index (χ3n) is 5.61. The average molecular weight is 481 g/mol. The standard InChI is InChI=1S/C29H36O6/c1-5-6-7-13-26(31)29(33)27-19-22(4)18-25-17-21(3)16-24(34-25)12-9-11-23(30)15-20(2)10-8-14-28(32)35-27/h5-11,13-14,18,24-25,27,29,33H,3,12,15-17,19H2,1-2,4H3/b6-5+,11-9+,13-7-,14-8+,20-10+,22-18+/t24-,25-,27-,29?/m0/s1. The largest absolute Gasteiger partial charge is 0.456 e. The quantitative estimate of drug-likeness (QED) is 0.268. The Morgan fingerprint density at radius 2 is 1.91 bits per heavy atom. The van der Waals surface area contributed by atoms with Crippen LogP contribution < -0.4 is 0 Å². The number of ether oxygens (including phenoxy) is 2. The number of aliphatic hydroxyl groups excluding tert-OH is 1. The molecule has 6 nitrogen and oxygen atoms in total. The molecule has 0 aromatic carbocycles. The first-order chi connectivity index (χ1) is 16.7. The van der Waals surface area contributed by atoms with Crippen LogP contribution in [0.15, 0.2) is 84.1 Å². The third kappa shape index (κ3) is 10.4. The lowest BCUT2D eigenvalue weighted by Gasteiger charge is -2.30. The number of ketones is 2. The maximum atomic E-state index is 12.5. The van der Waals surface area contributed by atoms with E-state index in [4.69, 9.17) is 9.47 Å². The zero-order valence-corrected chi connectivity index (χ0v) is 20.8. The number of cyclic esters (lactones) is 1. The number of hydrogen-bond acceptors (Lipinski definition) is 6. The highest BCUT2D eigenvalue weighted by Crippen LogP contribution is 2.27. The molecule has 2 aliphatic rings. The van der Waals surface area contributed by atoms with Gasteiger partial charge in [-0.05, 0) is 52.2 Å². The smallest absolute Gasteiger partial charge is 0.331 e. The summed E-state index contributed by atoms with van der Waals surface area (Å²) in [6.45, 7) is 9.59. The van der Waals surface area contributed by atoms with Gasteiger partial charge in [0.15, 0.2) is 17.7 Å². The Kier molecular flexibility index (Phi) is 11.5. The van der Waals surface area contributed by atoms with Crippen LogP contribution in [0, 0.1) is 0 Å². The van der Waals surface area contributed by atoms with Crippen molar-refractivity contribution in [1.29, 1.82) is 0 Å². The van der Waals surface area contributed by atoms with Crippen molar-refractivity contribution in [2.45, 2.75) is 77.3 Å². The third-order valence-corrected chi connectivity index (χ3v) is 5.61. The summed E-state index contributed by atoms with van der Waals surface area (Å²) in [5, 5.41) is 10.7. The van der Waals surface area contributed by atoms with E-state index >= 15 is 0 Å². The Morgan fingerprint density at radius 3 is 2.66 bits per heavy atom. The van der Waals surface area contributed by atoms with Gasteiger partial charge in [-0.2, -0.15) is 0 Å². The van der Waals surface area contributed by atoms with Crippen LogP contribution >= 0.6 is 0 Å². The van der Waals surface area contributed by atoms with Gasteiger partial charge >= 0.3 is 5.97 Å². The van der Waals surface area contributed by atoms with Crippen molar-refractivity contribution in [3.8, 4) is 0 Å². The topological polar surface area (TPSA) is 89.9 Å². The molecule has 1 saturated heterocycles. The summed E-state index contributed by atoms with van der Waals surface area (Å²) in [6, 6.07) is 0.